The van der Waals surface area contributed by atoms with Gasteiger partial charge in [-0.15, -0.1) is 0 Å². The van der Waals surface area contributed by atoms with Gasteiger partial charge in [0.1, 0.15) is 0 Å². The average Bonchev–Trinajstić information content (AvgIpc) is 3.08. The van der Waals surface area contributed by atoms with Crippen LogP contribution < -0.4 is 0 Å². The monoisotopic (exact) mass is 303 g/mol. The van der Waals surface area contributed by atoms with Crippen LogP contribution in [0.15, 0.2) is 48.8 Å². The van der Waals surface area contributed by atoms with Crippen LogP contribution in [0.3, 0.4) is 0 Å². The van der Waals surface area contributed by atoms with Gasteiger partial charge in [-0.1, -0.05) is 12.1 Å². The summed E-state index contributed by atoms with van der Waals surface area (Å²) in [5.74, 6) is 0. The van der Waals surface area contributed by atoms with E-state index in [1.807, 2.05) is 24.5 Å². The molecule has 1 aromatic carbocycles. The summed E-state index contributed by atoms with van der Waals surface area (Å²) in [6, 6.07) is 12.9. The molecule has 3 heterocycles. The molecule has 1 saturated heterocycles. The van der Waals surface area contributed by atoms with Crippen LogP contribution in [-0.4, -0.2) is 28.0 Å². The molecule has 0 saturated carbocycles. The quantitative estimate of drug-likeness (QED) is 0.726. The zero-order chi connectivity index (χ0) is 15.6. The first-order valence-electron chi connectivity index (χ1n) is 8.33. The standard InChI is InChI=1S/C20H21N3/c1-15-12-19(17-6-8-21-9-7-17)22-20-13-16(4-5-18(15)20)14-23-10-2-3-11-23/h4-9,12-13H,2-3,10-11,14H2,1H3. The highest BCUT2D eigenvalue weighted by molar-refractivity contribution is 5.85. The van der Waals surface area contributed by atoms with Gasteiger partial charge in [-0.3, -0.25) is 9.88 Å². The van der Waals surface area contributed by atoms with Crippen molar-refractivity contribution in [3.63, 3.8) is 0 Å². The summed E-state index contributed by atoms with van der Waals surface area (Å²) in [7, 11) is 0. The first-order valence-corrected chi connectivity index (χ1v) is 8.33. The van der Waals surface area contributed by atoms with E-state index < -0.39 is 0 Å². The third-order valence-electron chi connectivity index (χ3n) is 4.66. The maximum atomic E-state index is 4.90. The molecule has 0 atom stereocenters. The number of fused-ring (bicyclic) bond motifs is 1. The predicted molar refractivity (Wildman–Crippen MR) is 94.2 cm³/mol. The highest BCUT2D eigenvalue weighted by atomic mass is 15.1. The van der Waals surface area contributed by atoms with Gasteiger partial charge in [-0.2, -0.15) is 0 Å². The van der Waals surface area contributed by atoms with E-state index in [9.17, 15) is 0 Å². The Morgan fingerprint density at radius 3 is 2.57 bits per heavy atom. The molecule has 0 N–H and O–H groups in total. The van der Waals surface area contributed by atoms with Crippen LogP contribution in [0.25, 0.3) is 22.2 Å². The summed E-state index contributed by atoms with van der Waals surface area (Å²) in [6.07, 6.45) is 6.30. The second kappa shape index (κ2) is 6.09. The zero-order valence-corrected chi connectivity index (χ0v) is 13.5. The van der Waals surface area contributed by atoms with Gasteiger partial charge in [-0.25, -0.2) is 4.98 Å². The van der Waals surface area contributed by atoms with Gasteiger partial charge in [0.15, 0.2) is 0 Å². The van der Waals surface area contributed by atoms with E-state index in [1.54, 1.807) is 0 Å². The number of likely N-dealkylation sites (tertiary alicyclic amines) is 1. The number of rotatable bonds is 3. The van der Waals surface area contributed by atoms with Crippen molar-refractivity contribution in [2.45, 2.75) is 26.3 Å². The van der Waals surface area contributed by atoms with Gasteiger partial charge in [0, 0.05) is 29.9 Å². The van der Waals surface area contributed by atoms with E-state index >= 15 is 0 Å². The van der Waals surface area contributed by atoms with Gasteiger partial charge in [0.25, 0.3) is 0 Å². The molecule has 4 rings (SSSR count). The van der Waals surface area contributed by atoms with Gasteiger partial charge in [0.05, 0.1) is 11.2 Å². The molecule has 0 bridgehead atoms. The third-order valence-corrected chi connectivity index (χ3v) is 4.66. The number of aromatic nitrogens is 2. The van der Waals surface area contributed by atoms with E-state index in [1.165, 1.54) is 42.4 Å². The van der Waals surface area contributed by atoms with Crippen LogP contribution in [0.5, 0.6) is 0 Å². The Kier molecular flexibility index (Phi) is 3.80. The lowest BCUT2D eigenvalue weighted by Crippen LogP contribution is -2.18. The molecule has 1 fully saturated rings. The van der Waals surface area contributed by atoms with Crippen molar-refractivity contribution >= 4 is 10.9 Å². The zero-order valence-electron chi connectivity index (χ0n) is 13.5. The summed E-state index contributed by atoms with van der Waals surface area (Å²) < 4.78 is 0. The smallest absolute Gasteiger partial charge is 0.0715 e. The minimum atomic E-state index is 1.02. The Labute approximate surface area is 137 Å². The van der Waals surface area contributed by atoms with Crippen LogP contribution in [0, 0.1) is 6.92 Å². The number of aryl methyl sites for hydroxylation is 1. The molecule has 0 unspecified atom stereocenters. The first kappa shape index (κ1) is 14.3. The molecule has 1 aliphatic rings. The topological polar surface area (TPSA) is 29.0 Å². The summed E-state index contributed by atoms with van der Waals surface area (Å²) in [4.78, 5) is 11.5. The molecular formula is C20H21N3. The number of nitrogens with zero attached hydrogens (tertiary/aromatic N) is 3. The van der Waals surface area contributed by atoms with E-state index in [0.717, 1.165) is 23.3 Å². The van der Waals surface area contributed by atoms with Crippen molar-refractivity contribution in [2.24, 2.45) is 0 Å². The van der Waals surface area contributed by atoms with E-state index in [2.05, 4.69) is 41.1 Å². The van der Waals surface area contributed by atoms with E-state index in [4.69, 9.17) is 4.98 Å². The van der Waals surface area contributed by atoms with Crippen molar-refractivity contribution in [3.8, 4) is 11.3 Å². The Balaban J connectivity index is 1.73. The number of hydrogen-bond donors (Lipinski definition) is 0. The van der Waals surface area contributed by atoms with Gasteiger partial charge < -0.3 is 0 Å². The minimum Gasteiger partial charge on any atom is -0.299 e. The largest absolute Gasteiger partial charge is 0.299 e. The van der Waals surface area contributed by atoms with Crippen molar-refractivity contribution in [2.75, 3.05) is 13.1 Å². The number of benzene rings is 1. The minimum absolute atomic E-state index is 1.02. The summed E-state index contributed by atoms with van der Waals surface area (Å²) in [5.41, 5.74) is 5.87. The molecule has 0 spiro atoms. The van der Waals surface area contributed by atoms with Gasteiger partial charge >= 0.3 is 0 Å². The van der Waals surface area contributed by atoms with Crippen molar-refractivity contribution in [1.82, 2.24) is 14.9 Å². The van der Waals surface area contributed by atoms with Crippen molar-refractivity contribution in [3.05, 3.63) is 59.9 Å². The maximum absolute atomic E-state index is 4.90. The number of pyridine rings is 2. The van der Waals surface area contributed by atoms with Crippen LogP contribution in [0.1, 0.15) is 24.0 Å². The second-order valence-electron chi connectivity index (χ2n) is 6.40. The van der Waals surface area contributed by atoms with Crippen LogP contribution in [0.4, 0.5) is 0 Å². The molecule has 1 aliphatic heterocycles. The Hall–Kier alpha value is -2.26. The lowest BCUT2D eigenvalue weighted by molar-refractivity contribution is 0.331. The average molecular weight is 303 g/mol. The van der Waals surface area contributed by atoms with Crippen molar-refractivity contribution < 1.29 is 0 Å². The van der Waals surface area contributed by atoms with Crippen LogP contribution in [-0.2, 0) is 6.54 Å². The number of hydrogen-bond acceptors (Lipinski definition) is 3. The molecule has 2 aromatic heterocycles. The van der Waals surface area contributed by atoms with E-state index in [0.29, 0.717) is 0 Å². The highest BCUT2D eigenvalue weighted by Gasteiger charge is 2.12. The van der Waals surface area contributed by atoms with Crippen molar-refractivity contribution in [1.29, 1.82) is 0 Å². The summed E-state index contributed by atoms with van der Waals surface area (Å²) >= 11 is 0. The lowest BCUT2D eigenvalue weighted by atomic mass is 10.0. The fourth-order valence-corrected chi connectivity index (χ4v) is 3.42. The second-order valence-corrected chi connectivity index (χ2v) is 6.40. The molecule has 3 nitrogen and oxygen atoms in total. The normalized spacial score (nSPS) is 15.3. The molecule has 3 heteroatoms. The molecule has 116 valence electrons. The molecular weight excluding hydrogens is 282 g/mol. The SMILES string of the molecule is Cc1cc(-c2ccncc2)nc2cc(CN3CCCC3)ccc12. The summed E-state index contributed by atoms with van der Waals surface area (Å²) in [5, 5.41) is 1.24. The fourth-order valence-electron chi connectivity index (χ4n) is 3.42. The van der Waals surface area contributed by atoms with Crippen LogP contribution in [0.2, 0.25) is 0 Å². The van der Waals surface area contributed by atoms with E-state index in [-0.39, 0.29) is 0 Å². The highest BCUT2D eigenvalue weighted by Crippen LogP contribution is 2.25. The lowest BCUT2D eigenvalue weighted by Gasteiger charge is -2.15. The Morgan fingerprint density at radius 2 is 1.78 bits per heavy atom. The van der Waals surface area contributed by atoms with Gasteiger partial charge in [-0.05, 0) is 68.2 Å². The molecule has 0 aliphatic carbocycles. The predicted octanol–water partition coefficient (Wildman–Crippen LogP) is 4.20. The Bertz CT molecular complexity index is 821. The molecule has 0 radical (unpaired) electrons. The fraction of sp³-hybridized carbons (Fsp3) is 0.300. The van der Waals surface area contributed by atoms with Crippen LogP contribution >= 0.6 is 0 Å². The van der Waals surface area contributed by atoms with Gasteiger partial charge in [0.2, 0.25) is 0 Å². The summed E-state index contributed by atoms with van der Waals surface area (Å²) in [6.45, 7) is 5.65. The molecule has 0 amide bonds. The Morgan fingerprint density at radius 1 is 1.00 bits per heavy atom. The molecule has 23 heavy (non-hydrogen) atoms. The third kappa shape index (κ3) is 2.97. The first-order chi connectivity index (χ1) is 11.3. The maximum Gasteiger partial charge on any atom is 0.0715 e. The molecule has 3 aromatic rings.